The second-order valence-electron chi connectivity index (χ2n) is 6.93. The van der Waals surface area contributed by atoms with Crippen LogP contribution in [-0.4, -0.2) is 30.0 Å². The third kappa shape index (κ3) is 4.10. The highest BCUT2D eigenvalue weighted by Crippen LogP contribution is 2.25. The molecule has 5 nitrogen and oxygen atoms in total. The zero-order valence-corrected chi connectivity index (χ0v) is 14.4. The first-order valence-electron chi connectivity index (χ1n) is 9.16. The van der Waals surface area contributed by atoms with Crippen LogP contribution in [-0.2, 0) is 0 Å². The highest BCUT2D eigenvalue weighted by molar-refractivity contribution is 6.04. The lowest BCUT2D eigenvalue weighted by Crippen LogP contribution is -2.29. The van der Waals surface area contributed by atoms with E-state index in [0.717, 1.165) is 24.5 Å². The van der Waals surface area contributed by atoms with Gasteiger partial charge in [0.15, 0.2) is 0 Å². The molecule has 25 heavy (non-hydrogen) atoms. The quantitative estimate of drug-likeness (QED) is 0.869. The van der Waals surface area contributed by atoms with Crippen molar-refractivity contribution < 1.29 is 4.79 Å². The standard InChI is InChI=1S/C20H24N4O/c25-20(15-12-18(14-21-13-15)22-16-4-5-16)23-17-6-8-19(9-7-17)24-10-2-1-3-11-24/h6-9,12-14,16,22H,1-5,10-11H2,(H,23,25). The van der Waals surface area contributed by atoms with Crippen molar-refractivity contribution in [3.05, 3.63) is 48.3 Å². The van der Waals surface area contributed by atoms with Crippen LogP contribution in [0.1, 0.15) is 42.5 Å². The average molecular weight is 336 g/mol. The number of rotatable bonds is 5. The van der Waals surface area contributed by atoms with E-state index < -0.39 is 0 Å². The van der Waals surface area contributed by atoms with Crippen molar-refractivity contribution in [2.75, 3.05) is 28.6 Å². The summed E-state index contributed by atoms with van der Waals surface area (Å²) in [5.41, 5.74) is 3.53. The van der Waals surface area contributed by atoms with E-state index in [1.54, 1.807) is 12.4 Å². The number of carbonyl (C=O) groups is 1. The molecule has 0 spiro atoms. The number of hydrogen-bond acceptors (Lipinski definition) is 4. The van der Waals surface area contributed by atoms with Gasteiger partial charge in [-0.05, 0) is 62.4 Å². The highest BCUT2D eigenvalue weighted by atomic mass is 16.1. The van der Waals surface area contributed by atoms with Gasteiger partial charge in [0.25, 0.3) is 5.91 Å². The number of nitrogens with zero attached hydrogens (tertiary/aromatic N) is 2. The van der Waals surface area contributed by atoms with Crippen molar-refractivity contribution in [2.45, 2.75) is 38.1 Å². The number of pyridine rings is 1. The molecule has 2 N–H and O–H groups in total. The van der Waals surface area contributed by atoms with Gasteiger partial charge in [-0.3, -0.25) is 9.78 Å². The fourth-order valence-corrected chi connectivity index (χ4v) is 3.22. The van der Waals surface area contributed by atoms with Crippen LogP contribution in [0.5, 0.6) is 0 Å². The molecule has 0 unspecified atom stereocenters. The van der Waals surface area contributed by atoms with Crippen molar-refractivity contribution in [1.29, 1.82) is 0 Å². The minimum Gasteiger partial charge on any atom is -0.381 e. The molecule has 1 aliphatic carbocycles. The van der Waals surface area contributed by atoms with Crippen molar-refractivity contribution in [3.8, 4) is 0 Å². The molecule has 2 aliphatic rings. The van der Waals surface area contributed by atoms with E-state index in [0.29, 0.717) is 11.6 Å². The van der Waals surface area contributed by atoms with E-state index >= 15 is 0 Å². The molecule has 2 aromatic rings. The Bertz CT molecular complexity index is 734. The molecule has 1 aromatic carbocycles. The Hall–Kier alpha value is -2.56. The summed E-state index contributed by atoms with van der Waals surface area (Å²) in [4.78, 5) is 19.0. The van der Waals surface area contributed by atoms with Crippen LogP contribution in [0.15, 0.2) is 42.7 Å². The minimum absolute atomic E-state index is 0.127. The summed E-state index contributed by atoms with van der Waals surface area (Å²) in [6.45, 7) is 2.25. The van der Waals surface area contributed by atoms with Gasteiger partial charge in [0.05, 0.1) is 11.3 Å². The Kier molecular flexibility index (Phi) is 4.55. The van der Waals surface area contributed by atoms with Gasteiger partial charge in [-0.2, -0.15) is 0 Å². The molecule has 130 valence electrons. The first-order chi connectivity index (χ1) is 12.3. The molecular formula is C20H24N4O. The predicted molar refractivity (Wildman–Crippen MR) is 101 cm³/mol. The van der Waals surface area contributed by atoms with Crippen LogP contribution in [0, 0.1) is 0 Å². The summed E-state index contributed by atoms with van der Waals surface area (Å²) < 4.78 is 0. The lowest BCUT2D eigenvalue weighted by atomic mass is 10.1. The maximum absolute atomic E-state index is 12.5. The maximum atomic E-state index is 12.5. The van der Waals surface area contributed by atoms with E-state index in [4.69, 9.17) is 0 Å². The second kappa shape index (κ2) is 7.13. The van der Waals surface area contributed by atoms with Gasteiger partial charge < -0.3 is 15.5 Å². The summed E-state index contributed by atoms with van der Waals surface area (Å²) in [5, 5.41) is 6.33. The van der Waals surface area contributed by atoms with Crippen LogP contribution < -0.4 is 15.5 Å². The smallest absolute Gasteiger partial charge is 0.257 e. The molecule has 1 saturated carbocycles. The molecule has 1 aliphatic heterocycles. The van der Waals surface area contributed by atoms with Gasteiger partial charge in [-0.1, -0.05) is 0 Å². The normalized spacial score (nSPS) is 17.2. The van der Waals surface area contributed by atoms with E-state index in [1.807, 2.05) is 18.2 Å². The summed E-state index contributed by atoms with van der Waals surface area (Å²) in [7, 11) is 0. The molecule has 2 fully saturated rings. The number of amides is 1. The molecule has 0 atom stereocenters. The van der Waals surface area contributed by atoms with E-state index in [2.05, 4.69) is 32.7 Å². The SMILES string of the molecule is O=C(Nc1ccc(N2CCCCC2)cc1)c1cncc(NC2CC2)c1. The number of piperidine rings is 1. The number of benzene rings is 1. The fraction of sp³-hybridized carbons (Fsp3) is 0.400. The number of aromatic nitrogens is 1. The summed E-state index contributed by atoms with van der Waals surface area (Å²) in [6.07, 6.45) is 9.61. The third-order valence-corrected chi connectivity index (χ3v) is 4.79. The molecule has 1 amide bonds. The van der Waals surface area contributed by atoms with E-state index in [-0.39, 0.29) is 5.91 Å². The molecule has 2 heterocycles. The van der Waals surface area contributed by atoms with Crippen LogP contribution in [0.3, 0.4) is 0 Å². The monoisotopic (exact) mass is 336 g/mol. The Balaban J connectivity index is 1.40. The van der Waals surface area contributed by atoms with Gasteiger partial charge in [-0.15, -0.1) is 0 Å². The van der Waals surface area contributed by atoms with Gasteiger partial charge in [0.2, 0.25) is 0 Å². The van der Waals surface area contributed by atoms with Gasteiger partial charge >= 0.3 is 0 Å². The topological polar surface area (TPSA) is 57.3 Å². The second-order valence-corrected chi connectivity index (χ2v) is 6.93. The lowest BCUT2D eigenvalue weighted by Gasteiger charge is -2.28. The van der Waals surface area contributed by atoms with Crippen molar-refractivity contribution >= 4 is 23.0 Å². The molecule has 4 rings (SSSR count). The van der Waals surface area contributed by atoms with Gasteiger partial charge in [0, 0.05) is 42.9 Å². The van der Waals surface area contributed by atoms with E-state index in [1.165, 1.54) is 37.8 Å². The minimum atomic E-state index is -0.127. The summed E-state index contributed by atoms with van der Waals surface area (Å²) >= 11 is 0. The zero-order valence-electron chi connectivity index (χ0n) is 14.4. The highest BCUT2D eigenvalue weighted by Gasteiger charge is 2.21. The summed E-state index contributed by atoms with van der Waals surface area (Å²) in [5.74, 6) is -0.127. The van der Waals surface area contributed by atoms with Crippen molar-refractivity contribution in [1.82, 2.24) is 4.98 Å². The predicted octanol–water partition coefficient (Wildman–Crippen LogP) is 3.90. The lowest BCUT2D eigenvalue weighted by molar-refractivity contribution is 0.102. The van der Waals surface area contributed by atoms with Crippen molar-refractivity contribution in [3.63, 3.8) is 0 Å². The van der Waals surface area contributed by atoms with Crippen LogP contribution >= 0.6 is 0 Å². The van der Waals surface area contributed by atoms with Gasteiger partial charge in [-0.25, -0.2) is 0 Å². The Morgan fingerprint density at radius 2 is 1.76 bits per heavy atom. The van der Waals surface area contributed by atoms with Crippen LogP contribution in [0.25, 0.3) is 0 Å². The third-order valence-electron chi connectivity index (χ3n) is 4.79. The zero-order chi connectivity index (χ0) is 17.1. The number of nitrogens with one attached hydrogen (secondary N) is 2. The maximum Gasteiger partial charge on any atom is 0.257 e. The summed E-state index contributed by atoms with van der Waals surface area (Å²) in [6, 6.07) is 10.5. The fourth-order valence-electron chi connectivity index (χ4n) is 3.22. The van der Waals surface area contributed by atoms with Gasteiger partial charge in [0.1, 0.15) is 0 Å². The molecule has 1 aromatic heterocycles. The molecule has 1 saturated heterocycles. The average Bonchev–Trinajstić information content (AvgIpc) is 3.47. The van der Waals surface area contributed by atoms with Crippen molar-refractivity contribution in [2.24, 2.45) is 0 Å². The molecular weight excluding hydrogens is 312 g/mol. The molecule has 0 bridgehead atoms. The number of anilines is 3. The largest absolute Gasteiger partial charge is 0.381 e. The first-order valence-corrected chi connectivity index (χ1v) is 9.16. The Labute approximate surface area is 148 Å². The molecule has 5 heteroatoms. The first kappa shape index (κ1) is 15.9. The molecule has 0 radical (unpaired) electrons. The van der Waals surface area contributed by atoms with E-state index in [9.17, 15) is 4.79 Å². The Morgan fingerprint density at radius 3 is 2.48 bits per heavy atom. The van der Waals surface area contributed by atoms with Crippen LogP contribution in [0.2, 0.25) is 0 Å². The number of carbonyl (C=O) groups excluding carboxylic acids is 1. The van der Waals surface area contributed by atoms with Crippen LogP contribution in [0.4, 0.5) is 17.1 Å². The number of hydrogen-bond donors (Lipinski definition) is 2. The Morgan fingerprint density at radius 1 is 1.00 bits per heavy atom.